The van der Waals surface area contributed by atoms with E-state index in [0.717, 1.165) is 32.4 Å². The number of H-pyrrole nitrogens is 1. The normalized spacial score (nSPS) is 19.9. The average Bonchev–Trinajstić information content (AvgIpc) is 3.05. The van der Waals surface area contributed by atoms with Crippen molar-refractivity contribution in [2.45, 2.75) is 35.5 Å². The Morgan fingerprint density at radius 3 is 2.30 bits per heavy atom. The van der Waals surface area contributed by atoms with Gasteiger partial charge in [-0.05, 0) is 28.2 Å². The first kappa shape index (κ1) is 31.3. The second-order valence-corrected chi connectivity index (χ2v) is 12.1. The van der Waals surface area contributed by atoms with Crippen molar-refractivity contribution in [1.82, 2.24) is 19.7 Å². The molecule has 3 aromatic rings. The van der Waals surface area contributed by atoms with Gasteiger partial charge in [0.25, 0.3) is 0 Å². The van der Waals surface area contributed by atoms with E-state index in [0.29, 0.717) is 0 Å². The number of thioether (sulfide) groups is 1. The zero-order valence-electron chi connectivity index (χ0n) is 23.7. The topological polar surface area (TPSA) is 176 Å². The van der Waals surface area contributed by atoms with Gasteiger partial charge in [0.15, 0.2) is 17.6 Å². The molecule has 1 aromatic heterocycles. The van der Waals surface area contributed by atoms with Crippen LogP contribution in [-0.4, -0.2) is 73.4 Å². The molecule has 0 aliphatic carbocycles. The van der Waals surface area contributed by atoms with E-state index in [-0.39, 0.29) is 28.7 Å². The molecule has 3 N–H and O–H groups in total. The van der Waals surface area contributed by atoms with Crippen LogP contribution in [0.15, 0.2) is 98.2 Å². The number of hydrogen-bond donors (Lipinski definition) is 2. The number of allylic oxidation sites excluding steroid dienone is 1. The number of fused-ring (bicyclic) bond motifs is 1. The lowest BCUT2D eigenvalue weighted by Crippen LogP contribution is -2.71. The highest BCUT2D eigenvalue weighted by Gasteiger charge is 2.55. The molecule has 0 spiro atoms. The van der Waals surface area contributed by atoms with Crippen molar-refractivity contribution >= 4 is 34.4 Å². The number of aromatic nitrogens is 3. The van der Waals surface area contributed by atoms with Crippen LogP contribution in [0.2, 0.25) is 0 Å². The van der Waals surface area contributed by atoms with Crippen molar-refractivity contribution < 1.29 is 28.0 Å². The maximum Gasteiger partial charge on any atom is 0.356 e. The second-order valence-electron chi connectivity index (χ2n) is 9.70. The van der Waals surface area contributed by atoms with Gasteiger partial charge >= 0.3 is 17.1 Å². The molecule has 2 aliphatic heterocycles. The predicted octanol–water partition coefficient (Wildman–Crippen LogP) is 1.00. The van der Waals surface area contributed by atoms with E-state index in [2.05, 4.69) is 10.2 Å². The van der Waals surface area contributed by atoms with Crippen molar-refractivity contribution in [1.29, 1.82) is 0 Å². The number of nitrogens with zero attached hydrogens (tertiary/aromatic N) is 3. The van der Waals surface area contributed by atoms with Gasteiger partial charge in [0.05, 0.1) is 23.1 Å². The van der Waals surface area contributed by atoms with Crippen molar-refractivity contribution in [3.05, 3.63) is 115 Å². The first-order chi connectivity index (χ1) is 21.2. The summed E-state index contributed by atoms with van der Waals surface area (Å²) in [5.74, 6) is -1.42. The lowest BCUT2D eigenvalue weighted by Gasteiger charge is -2.47. The van der Waals surface area contributed by atoms with Crippen LogP contribution in [-0.2, 0) is 41.1 Å². The summed E-state index contributed by atoms with van der Waals surface area (Å²) in [5, 5.41) is 6.84. The third-order valence-electron chi connectivity index (χ3n) is 7.04. The fraction of sp³-hybridized carbons (Fsp3) is 0.276. The zero-order chi connectivity index (χ0) is 31.4. The lowest BCUT2D eigenvalue weighted by molar-refractivity contribution is -0.153. The van der Waals surface area contributed by atoms with E-state index in [1.54, 1.807) is 0 Å². The Balaban J connectivity index is 1.50. The summed E-state index contributed by atoms with van der Waals surface area (Å²) < 4.78 is 30.6. The van der Waals surface area contributed by atoms with E-state index >= 15 is 0 Å². The van der Waals surface area contributed by atoms with Crippen molar-refractivity contribution in [3.8, 4) is 0 Å². The monoisotopic (exact) mass is 639 g/mol. The highest BCUT2D eigenvalue weighted by atomic mass is 32.2. The number of hydrogen-bond acceptors (Lipinski definition) is 11. The quantitative estimate of drug-likeness (QED) is 0.101. The molecule has 5 rings (SSSR count). The van der Waals surface area contributed by atoms with Crippen LogP contribution in [0.25, 0.3) is 0 Å². The standard InChI is InChI=1S/C29H29N5O8S2/c1-40-20(41-2)15-33-26(37)24(35)31-32-29(33)43-14-13-19-16-44(39)27-21(30)25(36)34(27)22(19)28(38)42-23(17-9-5-3-6-10-17)18-11-7-4-8-12-18/h3-14,20-21,23,27H,15-16,30H2,1-2H3,(H,31,35)/b14-13+. The van der Waals surface area contributed by atoms with Gasteiger partial charge in [-0.2, -0.15) is 0 Å². The van der Waals surface area contributed by atoms with Gasteiger partial charge in [-0.15, -0.1) is 5.10 Å². The summed E-state index contributed by atoms with van der Waals surface area (Å²) in [6, 6.07) is 17.3. The Hall–Kier alpha value is -4.15. The summed E-state index contributed by atoms with van der Waals surface area (Å²) in [5.41, 5.74) is 5.81. The minimum atomic E-state index is -1.60. The second kappa shape index (κ2) is 13.7. The van der Waals surface area contributed by atoms with E-state index in [1.165, 1.54) is 25.7 Å². The van der Waals surface area contributed by atoms with E-state index in [9.17, 15) is 23.4 Å². The van der Waals surface area contributed by atoms with Gasteiger partial charge in [-0.25, -0.2) is 9.89 Å². The number of nitrogens with one attached hydrogen (secondary N) is 1. The van der Waals surface area contributed by atoms with Crippen LogP contribution >= 0.6 is 11.8 Å². The van der Waals surface area contributed by atoms with Crippen LogP contribution < -0.4 is 16.9 Å². The van der Waals surface area contributed by atoms with Gasteiger partial charge in [-0.3, -0.25) is 28.1 Å². The molecule has 1 fully saturated rings. The Morgan fingerprint density at radius 2 is 1.70 bits per heavy atom. The third kappa shape index (κ3) is 6.23. The molecule has 230 valence electrons. The minimum absolute atomic E-state index is 0.0688. The SMILES string of the molecule is COC(Cn1c(S/C=C/C2=C(C(=O)OC(c3ccccc3)c3ccccc3)N3C(=O)C(N)C3S(=O)C2)n[nH]c(=O)c1=O)OC. The number of rotatable bonds is 11. The van der Waals surface area contributed by atoms with Crippen molar-refractivity contribution in [2.24, 2.45) is 5.73 Å². The lowest BCUT2D eigenvalue weighted by atomic mass is 10.0. The number of methoxy groups -OCH3 is 2. The molecule has 0 bridgehead atoms. The molecule has 1 saturated heterocycles. The maximum absolute atomic E-state index is 13.9. The fourth-order valence-electron chi connectivity index (χ4n) is 4.81. The van der Waals surface area contributed by atoms with E-state index in [1.807, 2.05) is 60.7 Å². The molecule has 44 heavy (non-hydrogen) atoms. The first-order valence-corrected chi connectivity index (χ1v) is 15.6. The maximum atomic E-state index is 13.9. The molecule has 3 heterocycles. The van der Waals surface area contributed by atoms with E-state index in [4.69, 9.17) is 19.9 Å². The van der Waals surface area contributed by atoms with Crippen LogP contribution in [0.5, 0.6) is 0 Å². The number of carbonyl (C=O) groups excluding carboxylic acids is 2. The number of nitrogens with two attached hydrogens (primary N) is 1. The van der Waals surface area contributed by atoms with Crippen molar-refractivity contribution in [3.63, 3.8) is 0 Å². The Morgan fingerprint density at radius 1 is 1.09 bits per heavy atom. The predicted molar refractivity (Wildman–Crippen MR) is 161 cm³/mol. The Bertz CT molecular complexity index is 1700. The molecule has 2 aromatic carbocycles. The largest absolute Gasteiger partial charge is 0.448 e. The summed E-state index contributed by atoms with van der Waals surface area (Å²) in [4.78, 5) is 52.4. The van der Waals surface area contributed by atoms with Gasteiger partial charge in [0, 0.05) is 14.2 Å². The molecular formula is C29H29N5O8S2. The van der Waals surface area contributed by atoms with Gasteiger partial charge in [-0.1, -0.05) is 72.4 Å². The average molecular weight is 640 g/mol. The molecule has 1 amide bonds. The Kier molecular flexibility index (Phi) is 9.71. The van der Waals surface area contributed by atoms with Crippen LogP contribution in [0, 0.1) is 0 Å². The minimum Gasteiger partial charge on any atom is -0.448 e. The first-order valence-electron chi connectivity index (χ1n) is 13.3. The molecule has 13 nitrogen and oxygen atoms in total. The van der Waals surface area contributed by atoms with Crippen LogP contribution in [0.3, 0.4) is 0 Å². The molecule has 3 atom stereocenters. The van der Waals surface area contributed by atoms with Crippen LogP contribution in [0.1, 0.15) is 17.2 Å². The number of carbonyl (C=O) groups is 2. The zero-order valence-corrected chi connectivity index (χ0v) is 25.3. The summed E-state index contributed by atoms with van der Waals surface area (Å²) in [6.07, 6.45) is -0.120. The molecule has 2 aliphatic rings. The third-order valence-corrected chi connectivity index (χ3v) is 9.48. The smallest absolute Gasteiger partial charge is 0.356 e. The Labute approximate surface area is 258 Å². The summed E-state index contributed by atoms with van der Waals surface area (Å²) in [6.45, 7) is -0.120. The molecule has 0 saturated carbocycles. The highest BCUT2D eigenvalue weighted by Crippen LogP contribution is 2.37. The highest BCUT2D eigenvalue weighted by molar-refractivity contribution is 8.02. The number of amides is 1. The molecular weight excluding hydrogens is 610 g/mol. The number of aromatic amines is 1. The summed E-state index contributed by atoms with van der Waals surface area (Å²) >= 11 is 0.947. The van der Waals surface area contributed by atoms with E-state index < -0.39 is 57.6 Å². The van der Waals surface area contributed by atoms with Gasteiger partial charge in [0.2, 0.25) is 5.91 Å². The summed E-state index contributed by atoms with van der Waals surface area (Å²) in [7, 11) is 1.18. The van der Waals surface area contributed by atoms with Crippen molar-refractivity contribution in [2.75, 3.05) is 20.0 Å². The number of esters is 1. The number of ether oxygens (including phenoxy) is 3. The number of benzene rings is 2. The molecule has 0 radical (unpaired) electrons. The molecule has 15 heteroatoms. The van der Waals surface area contributed by atoms with Gasteiger partial charge in [0.1, 0.15) is 17.1 Å². The molecule has 3 unspecified atom stereocenters. The van der Waals surface area contributed by atoms with Gasteiger partial charge < -0.3 is 19.9 Å². The fourth-order valence-corrected chi connectivity index (χ4v) is 7.14. The number of β-lactam (4-membered cyclic amide) rings is 1. The van der Waals surface area contributed by atoms with Crippen LogP contribution in [0.4, 0.5) is 0 Å².